The Bertz CT molecular complexity index is 648. The average Bonchev–Trinajstić information content (AvgIpc) is 2.77. The third-order valence-electron chi connectivity index (χ3n) is 6.11. The molecule has 0 bridgehead atoms. The van der Waals surface area contributed by atoms with Crippen molar-refractivity contribution in [3.05, 3.63) is 41.5 Å². The van der Waals surface area contributed by atoms with E-state index in [0.717, 1.165) is 23.9 Å². The molecule has 0 radical (unpaired) electrons. The zero-order valence-corrected chi connectivity index (χ0v) is 20.5. The highest BCUT2D eigenvalue weighted by molar-refractivity contribution is 6.60. The second-order valence-corrected chi connectivity index (χ2v) is 11.0. The SMILES string of the molecule is CCO[Si](CCCC[C@H]1CC[C@H](c2ccc(/C=C/C(=O)O)cc2)CC1)(OCC)OCC. The summed E-state index contributed by atoms with van der Waals surface area (Å²) in [4.78, 5) is 10.6. The van der Waals surface area contributed by atoms with Crippen LogP contribution in [0.4, 0.5) is 0 Å². The molecule has 1 fully saturated rings. The molecule has 1 saturated carbocycles. The van der Waals surface area contributed by atoms with Crippen molar-refractivity contribution >= 4 is 20.8 Å². The van der Waals surface area contributed by atoms with Gasteiger partial charge in [0.15, 0.2) is 0 Å². The van der Waals surface area contributed by atoms with Crippen molar-refractivity contribution in [3.8, 4) is 0 Å². The monoisotopic (exact) mass is 448 g/mol. The fraction of sp³-hybridized carbons (Fsp3) is 0.640. The van der Waals surface area contributed by atoms with Gasteiger partial charge in [0, 0.05) is 31.9 Å². The third-order valence-corrected chi connectivity index (χ3v) is 9.26. The van der Waals surface area contributed by atoms with Crippen LogP contribution < -0.4 is 0 Å². The Kier molecular flexibility index (Phi) is 11.5. The minimum absolute atomic E-state index is 0.627. The first-order chi connectivity index (χ1) is 15.0. The van der Waals surface area contributed by atoms with E-state index in [4.69, 9.17) is 18.4 Å². The van der Waals surface area contributed by atoms with Crippen LogP contribution in [0.2, 0.25) is 6.04 Å². The summed E-state index contributed by atoms with van der Waals surface area (Å²) in [6.45, 7) is 7.97. The van der Waals surface area contributed by atoms with Gasteiger partial charge in [-0.25, -0.2) is 4.79 Å². The van der Waals surface area contributed by atoms with Crippen LogP contribution >= 0.6 is 0 Å². The summed E-state index contributed by atoms with van der Waals surface area (Å²) in [6, 6.07) is 9.27. The van der Waals surface area contributed by atoms with Gasteiger partial charge in [0.1, 0.15) is 0 Å². The molecule has 5 nitrogen and oxygen atoms in total. The van der Waals surface area contributed by atoms with Gasteiger partial charge in [-0.2, -0.15) is 0 Å². The first kappa shape index (κ1) is 25.8. The lowest BCUT2D eigenvalue weighted by atomic mass is 9.77. The molecule has 0 saturated heterocycles. The Morgan fingerprint density at radius 2 is 1.55 bits per heavy atom. The van der Waals surface area contributed by atoms with Crippen LogP contribution in [0, 0.1) is 5.92 Å². The zero-order chi connectivity index (χ0) is 22.5. The summed E-state index contributed by atoms with van der Waals surface area (Å²) in [5.74, 6) is 0.531. The van der Waals surface area contributed by atoms with Crippen molar-refractivity contribution in [3.63, 3.8) is 0 Å². The van der Waals surface area contributed by atoms with E-state index < -0.39 is 14.8 Å². The molecule has 31 heavy (non-hydrogen) atoms. The molecule has 0 heterocycles. The third kappa shape index (κ3) is 8.89. The maximum atomic E-state index is 10.6. The lowest BCUT2D eigenvalue weighted by Gasteiger charge is -2.30. The largest absolute Gasteiger partial charge is 0.500 e. The minimum Gasteiger partial charge on any atom is -0.478 e. The second-order valence-electron chi connectivity index (χ2n) is 8.28. The molecule has 6 heteroatoms. The highest BCUT2D eigenvalue weighted by Crippen LogP contribution is 2.38. The molecule has 1 aromatic carbocycles. The number of rotatable bonds is 14. The Balaban J connectivity index is 1.73. The topological polar surface area (TPSA) is 65.0 Å². The molecular formula is C25H40O5Si. The Labute approximate surface area is 189 Å². The van der Waals surface area contributed by atoms with Crippen molar-refractivity contribution in [2.75, 3.05) is 19.8 Å². The van der Waals surface area contributed by atoms with Gasteiger partial charge in [-0.05, 0) is 81.9 Å². The van der Waals surface area contributed by atoms with Crippen LogP contribution in [0.25, 0.3) is 6.08 Å². The Morgan fingerprint density at radius 3 is 2.06 bits per heavy atom. The molecule has 0 amide bonds. The van der Waals surface area contributed by atoms with Crippen molar-refractivity contribution in [1.82, 2.24) is 0 Å². The highest BCUT2D eigenvalue weighted by atomic mass is 28.4. The number of benzene rings is 1. The van der Waals surface area contributed by atoms with Gasteiger partial charge in [-0.1, -0.05) is 37.1 Å². The Hall–Kier alpha value is -1.47. The summed E-state index contributed by atoms with van der Waals surface area (Å²) in [5.41, 5.74) is 2.32. The van der Waals surface area contributed by atoms with Gasteiger partial charge < -0.3 is 18.4 Å². The van der Waals surface area contributed by atoms with Crippen molar-refractivity contribution in [2.45, 2.75) is 77.7 Å². The van der Waals surface area contributed by atoms with E-state index in [1.807, 2.05) is 32.9 Å². The molecule has 1 aliphatic carbocycles. The number of carbonyl (C=O) groups is 1. The molecule has 1 aliphatic rings. The summed E-state index contributed by atoms with van der Waals surface area (Å²) >= 11 is 0. The highest BCUT2D eigenvalue weighted by Gasteiger charge is 2.39. The van der Waals surface area contributed by atoms with Gasteiger partial charge in [0.2, 0.25) is 0 Å². The summed E-state index contributed by atoms with van der Waals surface area (Å²) in [7, 11) is -2.49. The van der Waals surface area contributed by atoms with E-state index >= 15 is 0 Å². The van der Waals surface area contributed by atoms with Crippen LogP contribution in [0.1, 0.15) is 82.8 Å². The fourth-order valence-electron chi connectivity index (χ4n) is 4.61. The van der Waals surface area contributed by atoms with Crippen molar-refractivity contribution in [2.24, 2.45) is 5.92 Å². The predicted octanol–water partition coefficient (Wildman–Crippen LogP) is 6.28. The molecule has 0 aliphatic heterocycles. The first-order valence-electron chi connectivity index (χ1n) is 11.9. The number of hydrogen-bond donors (Lipinski definition) is 1. The van der Waals surface area contributed by atoms with Gasteiger partial charge in [-0.3, -0.25) is 0 Å². The zero-order valence-electron chi connectivity index (χ0n) is 19.5. The molecule has 0 spiro atoms. The van der Waals surface area contributed by atoms with E-state index in [9.17, 15) is 4.79 Å². The standard InChI is InChI=1S/C25H40O5Si/c1-4-28-31(29-5-2,30-6-3)20-8-7-9-21-10-15-23(16-11-21)24-17-12-22(13-18-24)14-19-25(26)27/h12-14,17-19,21,23H,4-11,15-16,20H2,1-3H3,(H,26,27)/b19-14+/t21-,23-. The molecule has 1 aromatic rings. The maximum Gasteiger partial charge on any atom is 0.500 e. The molecular weight excluding hydrogens is 408 g/mol. The quantitative estimate of drug-likeness (QED) is 0.206. The van der Waals surface area contributed by atoms with Crippen LogP contribution in [0.3, 0.4) is 0 Å². The number of carboxylic acids is 1. The lowest BCUT2D eigenvalue weighted by molar-refractivity contribution is -0.131. The number of hydrogen-bond acceptors (Lipinski definition) is 4. The number of carboxylic acid groups (broad SMARTS) is 1. The molecule has 2 rings (SSSR count). The van der Waals surface area contributed by atoms with Crippen molar-refractivity contribution < 1.29 is 23.2 Å². The number of aliphatic carboxylic acids is 1. The predicted molar refractivity (Wildman–Crippen MR) is 127 cm³/mol. The van der Waals surface area contributed by atoms with Gasteiger partial charge in [0.05, 0.1) is 0 Å². The van der Waals surface area contributed by atoms with E-state index in [2.05, 4.69) is 12.1 Å². The second kappa shape index (κ2) is 13.8. The van der Waals surface area contributed by atoms with Crippen molar-refractivity contribution in [1.29, 1.82) is 0 Å². The van der Waals surface area contributed by atoms with Gasteiger partial charge >= 0.3 is 14.8 Å². The smallest absolute Gasteiger partial charge is 0.478 e. The van der Waals surface area contributed by atoms with Gasteiger partial charge in [-0.15, -0.1) is 0 Å². The van der Waals surface area contributed by atoms with E-state index in [1.165, 1.54) is 50.2 Å². The van der Waals surface area contributed by atoms with Crippen LogP contribution in [-0.4, -0.2) is 39.7 Å². The summed E-state index contributed by atoms with van der Waals surface area (Å²) < 4.78 is 17.9. The molecule has 0 atom stereocenters. The Morgan fingerprint density at radius 1 is 0.968 bits per heavy atom. The normalized spacial score (nSPS) is 19.7. The van der Waals surface area contributed by atoms with Crippen LogP contribution in [-0.2, 0) is 18.1 Å². The van der Waals surface area contributed by atoms with Gasteiger partial charge in [0.25, 0.3) is 0 Å². The van der Waals surface area contributed by atoms with Crippen LogP contribution in [0.15, 0.2) is 30.3 Å². The van der Waals surface area contributed by atoms with Crippen LogP contribution in [0.5, 0.6) is 0 Å². The fourth-order valence-corrected chi connectivity index (χ4v) is 7.29. The van der Waals surface area contributed by atoms with E-state index in [0.29, 0.717) is 25.7 Å². The minimum atomic E-state index is -2.49. The van der Waals surface area contributed by atoms with E-state index in [-0.39, 0.29) is 0 Å². The lowest BCUT2D eigenvalue weighted by Crippen LogP contribution is -2.45. The molecule has 0 aromatic heterocycles. The number of unbranched alkanes of at least 4 members (excludes halogenated alkanes) is 1. The molecule has 1 N–H and O–H groups in total. The summed E-state index contributed by atoms with van der Waals surface area (Å²) in [6.07, 6.45) is 11.5. The first-order valence-corrected chi connectivity index (χ1v) is 13.9. The molecule has 0 unspecified atom stereocenters. The average molecular weight is 449 g/mol. The molecule has 174 valence electrons. The van der Waals surface area contributed by atoms with E-state index in [1.54, 1.807) is 6.08 Å². The maximum absolute atomic E-state index is 10.6. The summed E-state index contributed by atoms with van der Waals surface area (Å²) in [5, 5.41) is 8.74.